The molecule has 1 fully saturated rings. The summed E-state index contributed by atoms with van der Waals surface area (Å²) in [4.78, 5) is 2.13. The molecule has 0 atom stereocenters. The van der Waals surface area contributed by atoms with Crippen LogP contribution < -0.4 is 10.2 Å². The summed E-state index contributed by atoms with van der Waals surface area (Å²) < 4.78 is 10.7. The van der Waals surface area contributed by atoms with Gasteiger partial charge in [-0.2, -0.15) is 0 Å². The van der Waals surface area contributed by atoms with Crippen LogP contribution in [0.1, 0.15) is 31.6 Å². The Morgan fingerprint density at radius 2 is 2.30 bits per heavy atom. The normalized spacial score (nSPS) is 15.3. The van der Waals surface area contributed by atoms with E-state index in [1.54, 1.807) is 7.11 Å². The van der Waals surface area contributed by atoms with E-state index in [1.165, 1.54) is 6.42 Å². The predicted molar refractivity (Wildman–Crippen MR) is 74.6 cm³/mol. The number of nitrogens with zero attached hydrogens (tertiary/aromatic N) is 3. The second kappa shape index (κ2) is 8.18. The number of anilines is 1. The fourth-order valence-corrected chi connectivity index (χ4v) is 2.18. The number of hydrogen-bond donors (Lipinski definition) is 2. The van der Waals surface area contributed by atoms with E-state index in [0.717, 1.165) is 32.4 Å². The molecule has 2 N–H and O–H groups in total. The Morgan fingerprint density at radius 1 is 1.45 bits per heavy atom. The quantitative estimate of drug-likeness (QED) is 0.607. The second-order valence-electron chi connectivity index (χ2n) is 5.00. The molecule has 1 aromatic heterocycles. The average molecular weight is 284 g/mol. The van der Waals surface area contributed by atoms with Gasteiger partial charge in [0.05, 0.1) is 13.2 Å². The van der Waals surface area contributed by atoms with E-state index >= 15 is 0 Å². The summed E-state index contributed by atoms with van der Waals surface area (Å²) in [5.74, 6) is 0.587. The van der Waals surface area contributed by atoms with E-state index in [2.05, 4.69) is 20.4 Å². The Labute approximate surface area is 119 Å². The van der Waals surface area contributed by atoms with Crippen molar-refractivity contribution in [2.24, 2.45) is 0 Å². The van der Waals surface area contributed by atoms with Crippen molar-refractivity contribution in [3.63, 3.8) is 0 Å². The van der Waals surface area contributed by atoms with Gasteiger partial charge < -0.3 is 24.5 Å². The molecule has 0 bridgehead atoms. The van der Waals surface area contributed by atoms with Crippen LogP contribution in [-0.4, -0.2) is 54.8 Å². The third-order valence-electron chi connectivity index (χ3n) is 3.53. The van der Waals surface area contributed by atoms with Crippen molar-refractivity contribution >= 4 is 6.01 Å². The summed E-state index contributed by atoms with van der Waals surface area (Å²) in [5, 5.41) is 20.4. The maximum absolute atomic E-state index is 8.99. The van der Waals surface area contributed by atoms with Gasteiger partial charge in [0.15, 0.2) is 0 Å². The molecule has 0 amide bonds. The molecule has 0 aliphatic heterocycles. The molecule has 1 aromatic rings. The van der Waals surface area contributed by atoms with Crippen molar-refractivity contribution in [2.75, 3.05) is 38.3 Å². The minimum atomic E-state index is 0.183. The number of aliphatic hydroxyl groups is 1. The van der Waals surface area contributed by atoms with Crippen molar-refractivity contribution in [1.82, 2.24) is 15.5 Å². The molecule has 1 aliphatic rings. The molecule has 0 unspecified atom stereocenters. The molecule has 20 heavy (non-hydrogen) atoms. The number of ether oxygens (including phenoxy) is 1. The SMILES string of the molecule is COCCNCc1nnc(N(CCCO)C2CCC2)o1. The third kappa shape index (κ3) is 4.16. The molecular formula is C13H24N4O3. The van der Waals surface area contributed by atoms with E-state index in [1.807, 2.05) is 0 Å². The van der Waals surface area contributed by atoms with Crippen molar-refractivity contribution in [2.45, 2.75) is 38.3 Å². The van der Waals surface area contributed by atoms with Gasteiger partial charge in [-0.3, -0.25) is 0 Å². The zero-order chi connectivity index (χ0) is 14.2. The van der Waals surface area contributed by atoms with Crippen LogP contribution in [0.15, 0.2) is 4.42 Å². The summed E-state index contributed by atoms with van der Waals surface area (Å²) in [7, 11) is 1.67. The molecule has 0 aromatic carbocycles. The topological polar surface area (TPSA) is 83.7 Å². The number of nitrogens with one attached hydrogen (secondary N) is 1. The Hall–Kier alpha value is -1.18. The molecule has 7 heteroatoms. The molecule has 1 heterocycles. The summed E-state index contributed by atoms with van der Waals surface area (Å²) in [6.07, 6.45) is 4.30. The average Bonchev–Trinajstić information content (AvgIpc) is 2.86. The standard InChI is InChI=1S/C13H24N4O3/c1-19-9-6-14-10-12-15-16-13(20-12)17(7-3-8-18)11-4-2-5-11/h11,14,18H,2-10H2,1H3. The minimum absolute atomic E-state index is 0.183. The van der Waals surface area contributed by atoms with Crippen LogP contribution >= 0.6 is 0 Å². The highest BCUT2D eigenvalue weighted by atomic mass is 16.5. The van der Waals surface area contributed by atoms with Crippen LogP contribution in [0.3, 0.4) is 0 Å². The van der Waals surface area contributed by atoms with Gasteiger partial charge >= 0.3 is 6.01 Å². The Balaban J connectivity index is 1.86. The number of hydrogen-bond acceptors (Lipinski definition) is 7. The summed E-state index contributed by atoms with van der Waals surface area (Å²) in [5.41, 5.74) is 0. The first-order valence-electron chi connectivity index (χ1n) is 7.24. The lowest BCUT2D eigenvalue weighted by atomic mass is 9.91. The maximum atomic E-state index is 8.99. The monoisotopic (exact) mass is 284 g/mol. The highest BCUT2D eigenvalue weighted by Gasteiger charge is 2.28. The molecule has 2 rings (SSSR count). The molecule has 114 valence electrons. The van der Waals surface area contributed by atoms with Crippen LogP contribution in [-0.2, 0) is 11.3 Å². The first-order chi connectivity index (χ1) is 9.85. The number of aliphatic hydroxyl groups excluding tert-OH is 1. The second-order valence-corrected chi connectivity index (χ2v) is 5.00. The number of rotatable bonds is 10. The van der Waals surface area contributed by atoms with Crippen molar-refractivity contribution in [1.29, 1.82) is 0 Å². The van der Waals surface area contributed by atoms with Gasteiger partial charge in [-0.15, -0.1) is 5.10 Å². The highest BCUT2D eigenvalue weighted by Crippen LogP contribution is 2.28. The first kappa shape index (κ1) is 15.2. The maximum Gasteiger partial charge on any atom is 0.318 e. The summed E-state index contributed by atoms with van der Waals surface area (Å²) in [6, 6.07) is 1.06. The van der Waals surface area contributed by atoms with E-state index < -0.39 is 0 Å². The fourth-order valence-electron chi connectivity index (χ4n) is 2.18. The number of aromatic nitrogens is 2. The van der Waals surface area contributed by atoms with Crippen LogP contribution in [0.25, 0.3) is 0 Å². The van der Waals surface area contributed by atoms with Crippen LogP contribution in [0.2, 0.25) is 0 Å². The van der Waals surface area contributed by atoms with Gasteiger partial charge in [0.1, 0.15) is 0 Å². The van der Waals surface area contributed by atoms with Crippen LogP contribution in [0.5, 0.6) is 0 Å². The molecule has 0 spiro atoms. The molecule has 1 aliphatic carbocycles. The Kier molecular flexibility index (Phi) is 6.23. The highest BCUT2D eigenvalue weighted by molar-refractivity contribution is 5.27. The van der Waals surface area contributed by atoms with Crippen LogP contribution in [0, 0.1) is 0 Å². The van der Waals surface area contributed by atoms with Gasteiger partial charge in [0, 0.05) is 32.8 Å². The Morgan fingerprint density at radius 3 is 2.95 bits per heavy atom. The fraction of sp³-hybridized carbons (Fsp3) is 0.846. The van der Waals surface area contributed by atoms with E-state index in [4.69, 9.17) is 14.3 Å². The molecule has 0 saturated heterocycles. The van der Waals surface area contributed by atoms with Gasteiger partial charge in [0.2, 0.25) is 5.89 Å². The Bertz CT molecular complexity index is 381. The third-order valence-corrected chi connectivity index (χ3v) is 3.53. The largest absolute Gasteiger partial charge is 0.407 e. The zero-order valence-corrected chi connectivity index (χ0v) is 12.0. The van der Waals surface area contributed by atoms with Gasteiger partial charge in [-0.25, -0.2) is 0 Å². The lowest BCUT2D eigenvalue weighted by Crippen LogP contribution is -2.41. The van der Waals surface area contributed by atoms with Crippen molar-refractivity contribution < 1.29 is 14.3 Å². The van der Waals surface area contributed by atoms with Gasteiger partial charge in [0.25, 0.3) is 0 Å². The molecular weight excluding hydrogens is 260 g/mol. The first-order valence-corrected chi connectivity index (χ1v) is 7.24. The van der Waals surface area contributed by atoms with E-state index in [9.17, 15) is 0 Å². The molecule has 1 saturated carbocycles. The zero-order valence-electron chi connectivity index (χ0n) is 12.0. The predicted octanol–water partition coefficient (Wildman–Crippen LogP) is 0.547. The summed E-state index contributed by atoms with van der Waals surface area (Å²) >= 11 is 0. The molecule has 7 nitrogen and oxygen atoms in total. The molecule has 0 radical (unpaired) electrons. The van der Waals surface area contributed by atoms with Crippen LogP contribution in [0.4, 0.5) is 6.01 Å². The summed E-state index contributed by atoms with van der Waals surface area (Å²) in [6.45, 7) is 2.91. The van der Waals surface area contributed by atoms with Gasteiger partial charge in [-0.05, 0) is 25.7 Å². The lowest BCUT2D eigenvalue weighted by molar-refractivity contribution is 0.198. The minimum Gasteiger partial charge on any atom is -0.407 e. The van der Waals surface area contributed by atoms with Crippen molar-refractivity contribution in [3.05, 3.63) is 5.89 Å². The van der Waals surface area contributed by atoms with E-state index in [0.29, 0.717) is 31.1 Å². The van der Waals surface area contributed by atoms with Crippen molar-refractivity contribution in [3.8, 4) is 0 Å². The number of methoxy groups -OCH3 is 1. The smallest absolute Gasteiger partial charge is 0.318 e. The van der Waals surface area contributed by atoms with Gasteiger partial charge in [-0.1, -0.05) is 5.10 Å². The lowest BCUT2D eigenvalue weighted by Gasteiger charge is -2.36. The van der Waals surface area contributed by atoms with E-state index in [-0.39, 0.29) is 6.61 Å².